The van der Waals surface area contributed by atoms with Crippen LogP contribution in [0.25, 0.3) is 0 Å². The van der Waals surface area contributed by atoms with Crippen LogP contribution in [0.5, 0.6) is 0 Å². The number of aromatic nitrogens is 1. The van der Waals surface area contributed by atoms with E-state index in [0.717, 1.165) is 5.56 Å². The van der Waals surface area contributed by atoms with E-state index in [0.29, 0.717) is 25.7 Å². The highest BCUT2D eigenvalue weighted by molar-refractivity contribution is 5.88. The predicted octanol–water partition coefficient (Wildman–Crippen LogP) is 2.90. The molecule has 5 heteroatoms. The molecule has 0 aromatic carbocycles. The van der Waals surface area contributed by atoms with Crippen molar-refractivity contribution in [3.63, 3.8) is 0 Å². The van der Waals surface area contributed by atoms with Gasteiger partial charge in [-0.05, 0) is 41.4 Å². The molecule has 0 saturated heterocycles. The Morgan fingerprint density at radius 2 is 1.30 bits per heavy atom. The summed E-state index contributed by atoms with van der Waals surface area (Å²) in [5.74, 6) is -1.92. The molecule has 0 bridgehead atoms. The van der Waals surface area contributed by atoms with Crippen LogP contribution in [0.2, 0.25) is 0 Å². The number of aliphatic hydroxyl groups excluding tert-OH is 2. The van der Waals surface area contributed by atoms with Gasteiger partial charge in [0.2, 0.25) is 0 Å². The SMILES string of the molecule is CC1(C)CC(=O)[C@H](C(c2ccncc2)[C@@H]2C(=O)CC(C)(C)C[C@H]2O)[C@H](O)C1. The van der Waals surface area contributed by atoms with E-state index in [9.17, 15) is 19.8 Å². The van der Waals surface area contributed by atoms with Crippen LogP contribution in [0.15, 0.2) is 24.5 Å². The van der Waals surface area contributed by atoms with Gasteiger partial charge in [-0.1, -0.05) is 27.7 Å². The number of nitrogens with zero attached hydrogens (tertiary/aromatic N) is 1. The second-order valence-electron chi connectivity index (χ2n) is 10.0. The van der Waals surface area contributed by atoms with Crippen molar-refractivity contribution in [1.82, 2.24) is 4.98 Å². The lowest BCUT2D eigenvalue weighted by molar-refractivity contribution is -0.144. The van der Waals surface area contributed by atoms with Gasteiger partial charge in [-0.25, -0.2) is 0 Å². The fourth-order valence-corrected chi connectivity index (χ4v) is 5.24. The highest BCUT2D eigenvalue weighted by Gasteiger charge is 2.51. The Kier molecular flexibility index (Phi) is 5.30. The van der Waals surface area contributed by atoms with Gasteiger partial charge in [-0.3, -0.25) is 14.6 Å². The van der Waals surface area contributed by atoms with E-state index in [1.807, 2.05) is 27.7 Å². The van der Waals surface area contributed by atoms with Crippen LogP contribution in [-0.4, -0.2) is 39.0 Å². The molecule has 0 spiro atoms. The third kappa shape index (κ3) is 4.14. The maximum atomic E-state index is 13.0. The third-order valence-electron chi connectivity index (χ3n) is 6.27. The molecule has 0 radical (unpaired) electrons. The topological polar surface area (TPSA) is 87.5 Å². The van der Waals surface area contributed by atoms with E-state index in [-0.39, 0.29) is 22.4 Å². The monoisotopic (exact) mass is 373 g/mol. The lowest BCUT2D eigenvalue weighted by Gasteiger charge is -2.46. The average Bonchev–Trinajstić information content (AvgIpc) is 2.50. The lowest BCUT2D eigenvalue weighted by Crippen LogP contribution is -2.51. The second-order valence-corrected chi connectivity index (χ2v) is 10.0. The van der Waals surface area contributed by atoms with E-state index in [4.69, 9.17) is 0 Å². The number of carbonyl (C=O) groups excluding carboxylic acids is 2. The van der Waals surface area contributed by atoms with Crippen molar-refractivity contribution in [3.8, 4) is 0 Å². The minimum atomic E-state index is -0.825. The molecule has 2 aliphatic carbocycles. The van der Waals surface area contributed by atoms with Gasteiger partial charge in [0.15, 0.2) is 0 Å². The Labute approximate surface area is 161 Å². The molecule has 1 aromatic rings. The smallest absolute Gasteiger partial charge is 0.139 e. The normalized spacial score (nSPS) is 34.3. The van der Waals surface area contributed by atoms with Gasteiger partial charge >= 0.3 is 0 Å². The first-order valence-corrected chi connectivity index (χ1v) is 9.82. The van der Waals surface area contributed by atoms with Crippen LogP contribution >= 0.6 is 0 Å². The minimum absolute atomic E-state index is 0.0228. The summed E-state index contributed by atoms with van der Waals surface area (Å²) in [5.41, 5.74) is 0.277. The molecule has 2 fully saturated rings. The molecule has 2 N–H and O–H groups in total. The Bertz CT molecular complexity index is 670. The highest BCUT2D eigenvalue weighted by atomic mass is 16.3. The van der Waals surface area contributed by atoms with Gasteiger partial charge in [0.1, 0.15) is 11.6 Å². The minimum Gasteiger partial charge on any atom is -0.392 e. The van der Waals surface area contributed by atoms with Gasteiger partial charge in [-0.2, -0.15) is 0 Å². The zero-order valence-corrected chi connectivity index (χ0v) is 16.7. The number of pyridine rings is 1. The van der Waals surface area contributed by atoms with Crippen LogP contribution in [0.4, 0.5) is 0 Å². The van der Waals surface area contributed by atoms with Gasteiger partial charge in [0, 0.05) is 31.2 Å². The Balaban J connectivity index is 2.03. The zero-order valence-electron chi connectivity index (χ0n) is 16.7. The van der Waals surface area contributed by atoms with Crippen LogP contribution in [-0.2, 0) is 9.59 Å². The molecule has 0 amide bonds. The van der Waals surface area contributed by atoms with Crippen molar-refractivity contribution in [3.05, 3.63) is 30.1 Å². The van der Waals surface area contributed by atoms with Gasteiger partial charge < -0.3 is 10.2 Å². The molecule has 27 heavy (non-hydrogen) atoms. The fourth-order valence-electron chi connectivity index (χ4n) is 5.24. The lowest BCUT2D eigenvalue weighted by atomic mass is 9.58. The molecule has 1 aromatic heterocycles. The summed E-state index contributed by atoms with van der Waals surface area (Å²) in [5, 5.41) is 21.8. The molecule has 3 rings (SSSR count). The number of aliphatic hydroxyl groups is 2. The van der Waals surface area contributed by atoms with Crippen molar-refractivity contribution < 1.29 is 19.8 Å². The molecular formula is C22H31NO4. The molecule has 2 aliphatic rings. The maximum absolute atomic E-state index is 13.0. The Hall–Kier alpha value is -1.59. The largest absolute Gasteiger partial charge is 0.392 e. The standard InChI is InChI=1S/C22H31NO4/c1-21(2)9-14(24)19(15(25)10-21)18(13-5-7-23-8-6-13)20-16(26)11-22(3,4)12-17(20)27/h5-8,14,16,18-20,24,26H,9-12H2,1-4H3/t14-,16-,18?,19-,20+/m1/s1. The van der Waals surface area contributed by atoms with Gasteiger partial charge in [0.25, 0.3) is 0 Å². The number of hydrogen-bond donors (Lipinski definition) is 2. The number of Topliss-reactive ketones (excluding diaryl/α,β-unsaturated/α-hetero) is 2. The number of ketones is 2. The molecule has 0 aliphatic heterocycles. The number of hydrogen-bond acceptors (Lipinski definition) is 5. The number of rotatable bonds is 3. The van der Waals surface area contributed by atoms with E-state index in [1.165, 1.54) is 0 Å². The van der Waals surface area contributed by atoms with Crippen molar-refractivity contribution in [2.75, 3.05) is 0 Å². The van der Waals surface area contributed by atoms with Crippen molar-refractivity contribution in [2.45, 2.75) is 71.5 Å². The van der Waals surface area contributed by atoms with Gasteiger partial charge in [0.05, 0.1) is 24.0 Å². The molecule has 5 atom stereocenters. The first-order valence-electron chi connectivity index (χ1n) is 9.82. The predicted molar refractivity (Wildman–Crippen MR) is 102 cm³/mol. The molecule has 1 unspecified atom stereocenters. The average molecular weight is 373 g/mol. The maximum Gasteiger partial charge on any atom is 0.139 e. The summed E-state index contributed by atoms with van der Waals surface area (Å²) in [4.78, 5) is 30.1. The molecular weight excluding hydrogens is 342 g/mol. The van der Waals surface area contributed by atoms with E-state index >= 15 is 0 Å². The first-order chi connectivity index (χ1) is 12.5. The van der Waals surface area contributed by atoms with Crippen molar-refractivity contribution >= 4 is 11.6 Å². The van der Waals surface area contributed by atoms with Crippen LogP contribution in [0.1, 0.15) is 64.9 Å². The summed E-state index contributed by atoms with van der Waals surface area (Å²) in [7, 11) is 0. The van der Waals surface area contributed by atoms with Crippen LogP contribution in [0.3, 0.4) is 0 Å². The highest BCUT2D eigenvalue weighted by Crippen LogP contribution is 2.49. The second kappa shape index (κ2) is 7.10. The van der Waals surface area contributed by atoms with Crippen LogP contribution < -0.4 is 0 Å². The zero-order chi connectivity index (χ0) is 20.0. The van der Waals surface area contributed by atoms with E-state index < -0.39 is 30.0 Å². The van der Waals surface area contributed by atoms with E-state index in [1.54, 1.807) is 24.5 Å². The third-order valence-corrected chi connectivity index (χ3v) is 6.27. The Morgan fingerprint density at radius 1 is 0.889 bits per heavy atom. The summed E-state index contributed by atoms with van der Waals surface area (Å²) in [6, 6.07) is 3.59. The first kappa shape index (κ1) is 20.2. The number of carbonyl (C=O) groups is 2. The molecule has 5 nitrogen and oxygen atoms in total. The molecule has 1 heterocycles. The summed E-state index contributed by atoms with van der Waals surface area (Å²) in [6.07, 6.45) is 3.38. The summed E-state index contributed by atoms with van der Waals surface area (Å²) >= 11 is 0. The quantitative estimate of drug-likeness (QED) is 0.851. The van der Waals surface area contributed by atoms with Gasteiger partial charge in [-0.15, -0.1) is 0 Å². The van der Waals surface area contributed by atoms with Crippen molar-refractivity contribution in [1.29, 1.82) is 0 Å². The molecule has 2 saturated carbocycles. The molecule has 148 valence electrons. The van der Waals surface area contributed by atoms with Crippen LogP contribution in [0, 0.1) is 22.7 Å². The van der Waals surface area contributed by atoms with E-state index in [2.05, 4.69) is 4.98 Å². The van der Waals surface area contributed by atoms with Crippen molar-refractivity contribution in [2.24, 2.45) is 22.7 Å². The summed E-state index contributed by atoms with van der Waals surface area (Å²) < 4.78 is 0. The summed E-state index contributed by atoms with van der Waals surface area (Å²) in [6.45, 7) is 7.92. The fraction of sp³-hybridized carbons (Fsp3) is 0.682. The Morgan fingerprint density at radius 3 is 1.67 bits per heavy atom.